The molecule has 0 saturated carbocycles. The zero-order valence-electron chi connectivity index (χ0n) is 14.5. The van der Waals surface area contributed by atoms with Crippen molar-refractivity contribution in [1.82, 2.24) is 4.31 Å². The largest absolute Gasteiger partial charge is 0.379 e. The molecule has 9 heteroatoms. The summed E-state index contributed by atoms with van der Waals surface area (Å²) in [5.41, 5.74) is 0.714. The van der Waals surface area contributed by atoms with Crippen molar-refractivity contribution in [2.45, 2.75) is 11.8 Å². The fraction of sp³-hybridized carbons (Fsp3) is 0.278. The first-order valence-electron chi connectivity index (χ1n) is 8.24. The molecular formula is C18H18ClFN2O4S. The van der Waals surface area contributed by atoms with E-state index in [9.17, 15) is 17.6 Å². The van der Waals surface area contributed by atoms with Crippen LogP contribution in [-0.2, 0) is 14.8 Å². The molecule has 1 heterocycles. The van der Waals surface area contributed by atoms with E-state index in [0.717, 1.165) is 5.56 Å². The third kappa shape index (κ3) is 4.30. The molecule has 1 aliphatic heterocycles. The second kappa shape index (κ2) is 7.93. The first-order chi connectivity index (χ1) is 12.8. The number of halogens is 2. The van der Waals surface area contributed by atoms with Crippen molar-refractivity contribution in [3.8, 4) is 0 Å². The number of carbonyl (C=O) groups is 1. The van der Waals surface area contributed by atoms with Crippen molar-refractivity contribution in [3.05, 3.63) is 58.4 Å². The molecule has 0 unspecified atom stereocenters. The summed E-state index contributed by atoms with van der Waals surface area (Å²) < 4.78 is 45.9. The topological polar surface area (TPSA) is 75.7 Å². The molecule has 2 aromatic carbocycles. The lowest BCUT2D eigenvalue weighted by molar-refractivity contribution is 0.0730. The van der Waals surface area contributed by atoms with Crippen molar-refractivity contribution in [3.63, 3.8) is 0 Å². The summed E-state index contributed by atoms with van der Waals surface area (Å²) in [6, 6.07) is 8.19. The molecule has 0 atom stereocenters. The average molecular weight is 413 g/mol. The van der Waals surface area contributed by atoms with Crippen LogP contribution in [0.15, 0.2) is 41.3 Å². The van der Waals surface area contributed by atoms with Gasteiger partial charge in [0.2, 0.25) is 10.0 Å². The lowest BCUT2D eigenvalue weighted by Crippen LogP contribution is -2.40. The van der Waals surface area contributed by atoms with E-state index >= 15 is 0 Å². The number of carbonyl (C=O) groups excluding carboxylic acids is 1. The van der Waals surface area contributed by atoms with Gasteiger partial charge in [0.15, 0.2) is 0 Å². The van der Waals surface area contributed by atoms with Gasteiger partial charge in [0, 0.05) is 13.1 Å². The second-order valence-electron chi connectivity index (χ2n) is 6.10. The summed E-state index contributed by atoms with van der Waals surface area (Å²) in [6.45, 7) is 2.86. The first kappa shape index (κ1) is 19.8. The molecule has 0 radical (unpaired) electrons. The lowest BCUT2D eigenvalue weighted by Gasteiger charge is -2.26. The predicted molar refractivity (Wildman–Crippen MR) is 100 cm³/mol. The van der Waals surface area contributed by atoms with Crippen molar-refractivity contribution in [1.29, 1.82) is 0 Å². The van der Waals surface area contributed by atoms with Crippen LogP contribution < -0.4 is 5.32 Å². The third-order valence-electron chi connectivity index (χ3n) is 4.16. The van der Waals surface area contributed by atoms with E-state index in [-0.39, 0.29) is 34.3 Å². The van der Waals surface area contributed by atoms with Crippen LogP contribution in [0.25, 0.3) is 0 Å². The lowest BCUT2D eigenvalue weighted by atomic mass is 10.2. The maximum Gasteiger partial charge on any atom is 0.257 e. The molecule has 1 fully saturated rings. The Balaban J connectivity index is 1.91. The molecule has 3 rings (SSSR count). The molecule has 1 saturated heterocycles. The van der Waals surface area contributed by atoms with E-state index in [0.29, 0.717) is 13.2 Å². The number of amides is 1. The second-order valence-corrected chi connectivity index (χ2v) is 8.44. The van der Waals surface area contributed by atoms with Gasteiger partial charge in [-0.2, -0.15) is 4.31 Å². The third-order valence-corrected chi connectivity index (χ3v) is 6.38. The summed E-state index contributed by atoms with van der Waals surface area (Å²) in [6.07, 6.45) is 0. The number of sulfonamides is 1. The fourth-order valence-corrected chi connectivity index (χ4v) is 4.34. The minimum Gasteiger partial charge on any atom is -0.379 e. The maximum absolute atomic E-state index is 13.9. The Morgan fingerprint density at radius 3 is 2.59 bits per heavy atom. The molecule has 0 aliphatic carbocycles. The van der Waals surface area contributed by atoms with Gasteiger partial charge in [0.25, 0.3) is 5.91 Å². The quantitative estimate of drug-likeness (QED) is 0.837. The summed E-state index contributed by atoms with van der Waals surface area (Å²) in [4.78, 5) is 12.5. The van der Waals surface area contributed by atoms with Gasteiger partial charge in [0.05, 0.1) is 34.4 Å². The number of anilines is 1. The summed E-state index contributed by atoms with van der Waals surface area (Å²) >= 11 is 6.08. The predicted octanol–water partition coefficient (Wildman–Crippen LogP) is 3.06. The van der Waals surface area contributed by atoms with Crippen molar-refractivity contribution < 1.29 is 22.3 Å². The number of ether oxygens (including phenoxy) is 1. The average Bonchev–Trinajstić information content (AvgIpc) is 2.65. The number of aryl methyl sites for hydroxylation is 1. The number of rotatable bonds is 4. The van der Waals surface area contributed by atoms with Gasteiger partial charge in [-0.05, 0) is 42.8 Å². The SMILES string of the molecule is Cc1ccc(F)c(NC(=O)c2cc(S(=O)(=O)N3CCOCC3)ccc2Cl)c1. The standard InChI is InChI=1S/C18H18ClFN2O4S/c1-12-2-5-16(20)17(10-12)21-18(23)14-11-13(3-4-15(14)19)27(24,25)22-6-8-26-9-7-22/h2-5,10-11H,6-9H2,1H3,(H,21,23). The zero-order valence-corrected chi connectivity index (χ0v) is 16.1. The van der Waals surface area contributed by atoms with Crippen LogP contribution in [0, 0.1) is 12.7 Å². The molecule has 0 aromatic heterocycles. The highest BCUT2D eigenvalue weighted by Crippen LogP contribution is 2.25. The van der Waals surface area contributed by atoms with Gasteiger partial charge in [-0.25, -0.2) is 12.8 Å². The fourth-order valence-electron chi connectivity index (χ4n) is 2.70. The van der Waals surface area contributed by atoms with Crippen molar-refractivity contribution >= 4 is 33.2 Å². The Labute approximate surface area is 161 Å². The minimum absolute atomic E-state index is 0.00231. The van der Waals surface area contributed by atoms with Crippen molar-refractivity contribution in [2.24, 2.45) is 0 Å². The molecule has 27 heavy (non-hydrogen) atoms. The van der Waals surface area contributed by atoms with Crippen LogP contribution in [-0.4, -0.2) is 44.9 Å². The van der Waals surface area contributed by atoms with Crippen LogP contribution in [0.4, 0.5) is 10.1 Å². The highest BCUT2D eigenvalue weighted by Gasteiger charge is 2.27. The van der Waals surface area contributed by atoms with Gasteiger partial charge in [-0.15, -0.1) is 0 Å². The number of hydrogen-bond acceptors (Lipinski definition) is 4. The Bertz CT molecular complexity index is 975. The molecule has 6 nitrogen and oxygen atoms in total. The van der Waals surface area contributed by atoms with Gasteiger partial charge in [-0.3, -0.25) is 4.79 Å². The van der Waals surface area contributed by atoms with E-state index in [1.807, 2.05) is 0 Å². The summed E-state index contributed by atoms with van der Waals surface area (Å²) in [7, 11) is -3.78. The van der Waals surface area contributed by atoms with Crippen LogP contribution in [0.5, 0.6) is 0 Å². The van der Waals surface area contributed by atoms with Gasteiger partial charge in [0.1, 0.15) is 5.82 Å². The number of nitrogens with zero attached hydrogens (tertiary/aromatic N) is 1. The summed E-state index contributed by atoms with van der Waals surface area (Å²) in [5, 5.41) is 2.51. The number of morpholine rings is 1. The van der Waals surface area contributed by atoms with E-state index in [2.05, 4.69) is 5.32 Å². The maximum atomic E-state index is 13.9. The molecule has 1 aliphatic rings. The van der Waals surface area contributed by atoms with Gasteiger partial charge < -0.3 is 10.1 Å². The molecule has 1 amide bonds. The van der Waals surface area contributed by atoms with Crippen molar-refractivity contribution in [2.75, 3.05) is 31.6 Å². The Hall–Kier alpha value is -2.00. The van der Waals surface area contributed by atoms with E-state index < -0.39 is 21.7 Å². The van der Waals surface area contributed by atoms with Gasteiger partial charge >= 0.3 is 0 Å². The number of nitrogens with one attached hydrogen (secondary N) is 1. The van der Waals surface area contributed by atoms with Crippen LogP contribution in [0.3, 0.4) is 0 Å². The van der Waals surface area contributed by atoms with E-state index in [4.69, 9.17) is 16.3 Å². The highest BCUT2D eigenvalue weighted by atomic mass is 35.5. The summed E-state index contributed by atoms with van der Waals surface area (Å²) in [5.74, 6) is -1.29. The Kier molecular flexibility index (Phi) is 5.81. The highest BCUT2D eigenvalue weighted by molar-refractivity contribution is 7.89. The van der Waals surface area contributed by atoms with E-state index in [1.165, 1.54) is 34.6 Å². The molecule has 0 spiro atoms. The minimum atomic E-state index is -3.78. The van der Waals surface area contributed by atoms with Crippen LogP contribution in [0.1, 0.15) is 15.9 Å². The van der Waals surface area contributed by atoms with E-state index in [1.54, 1.807) is 13.0 Å². The molecular weight excluding hydrogens is 395 g/mol. The smallest absolute Gasteiger partial charge is 0.257 e. The number of benzene rings is 2. The first-order valence-corrected chi connectivity index (χ1v) is 10.1. The molecule has 144 valence electrons. The Morgan fingerprint density at radius 1 is 1.19 bits per heavy atom. The zero-order chi connectivity index (χ0) is 19.6. The molecule has 1 N–H and O–H groups in total. The monoisotopic (exact) mass is 412 g/mol. The van der Waals surface area contributed by atoms with Crippen LogP contribution >= 0.6 is 11.6 Å². The van der Waals surface area contributed by atoms with Gasteiger partial charge in [-0.1, -0.05) is 17.7 Å². The normalized spacial score (nSPS) is 15.5. The Morgan fingerprint density at radius 2 is 1.89 bits per heavy atom. The molecule has 2 aromatic rings. The van der Waals surface area contributed by atoms with Crippen LogP contribution in [0.2, 0.25) is 5.02 Å². The number of hydrogen-bond donors (Lipinski definition) is 1. The molecule has 0 bridgehead atoms.